The Labute approximate surface area is 310 Å². The van der Waals surface area contributed by atoms with Crippen molar-refractivity contribution in [3.8, 4) is 69.6 Å². The summed E-state index contributed by atoms with van der Waals surface area (Å²) < 4.78 is 56.1. The molecule has 2 heterocycles. The summed E-state index contributed by atoms with van der Waals surface area (Å²) >= 11 is 0. The zero-order valence-electron chi connectivity index (χ0n) is 30.1. The van der Waals surface area contributed by atoms with E-state index in [0.717, 1.165) is 0 Å². The maximum Gasteiger partial charge on any atom is 0.231 e. The predicted molar refractivity (Wildman–Crippen MR) is 188 cm³/mol. The minimum absolute atomic E-state index is 0.0477. The Morgan fingerprint density at radius 1 is 0.537 bits per heavy atom. The number of ether oxygens (including phenoxy) is 10. The molecule has 0 radical (unpaired) electrons. The number of ketones is 2. The van der Waals surface area contributed by atoms with Crippen LogP contribution in [0.4, 0.5) is 0 Å². The van der Waals surface area contributed by atoms with Crippen molar-refractivity contribution in [2.45, 2.75) is 10.8 Å². The highest BCUT2D eigenvalue weighted by Crippen LogP contribution is 2.69. The van der Waals surface area contributed by atoms with Crippen LogP contribution in [-0.4, -0.2) is 67.8 Å². The Kier molecular flexibility index (Phi) is 8.99. The molecule has 0 spiro atoms. The van der Waals surface area contributed by atoms with Crippen molar-refractivity contribution in [1.29, 1.82) is 10.5 Å². The number of nitrogens with zero attached hydrogens (tertiary/aromatic N) is 2. The van der Waals surface area contributed by atoms with Crippen molar-refractivity contribution in [2.24, 2.45) is 11.8 Å². The average molecular weight is 735 g/mol. The zero-order valence-corrected chi connectivity index (χ0v) is 30.1. The number of fused-ring (bicyclic) bond motifs is 2. The van der Waals surface area contributed by atoms with E-state index in [-0.39, 0.29) is 70.3 Å². The van der Waals surface area contributed by atoms with Crippen LogP contribution in [-0.2, 0) is 10.8 Å². The number of rotatable bonds is 12. The first-order valence-electron chi connectivity index (χ1n) is 16.5. The van der Waals surface area contributed by atoms with Crippen LogP contribution in [0.1, 0.15) is 31.8 Å². The summed E-state index contributed by atoms with van der Waals surface area (Å²) in [5, 5.41) is 23.4. The van der Waals surface area contributed by atoms with Crippen LogP contribution in [0.5, 0.6) is 57.5 Å². The van der Waals surface area contributed by atoms with Crippen LogP contribution in [0.2, 0.25) is 0 Å². The highest BCUT2D eigenvalue weighted by Gasteiger charge is 2.79. The second kappa shape index (κ2) is 13.6. The Balaban J connectivity index is 1.58. The van der Waals surface area contributed by atoms with Crippen LogP contribution >= 0.6 is 0 Å². The third kappa shape index (κ3) is 4.90. The van der Waals surface area contributed by atoms with Gasteiger partial charge in [0.15, 0.2) is 57.6 Å². The fourth-order valence-electron chi connectivity index (χ4n) is 7.93. The zero-order chi connectivity index (χ0) is 38.4. The van der Waals surface area contributed by atoms with E-state index < -0.39 is 34.2 Å². The lowest BCUT2D eigenvalue weighted by Crippen LogP contribution is -2.73. The van der Waals surface area contributed by atoms with Crippen molar-refractivity contribution in [3.63, 3.8) is 0 Å². The molecule has 0 N–H and O–H groups in total. The molecule has 1 fully saturated rings. The van der Waals surface area contributed by atoms with Gasteiger partial charge in [0.1, 0.15) is 10.8 Å². The maximum absolute atomic E-state index is 15.2. The van der Waals surface area contributed by atoms with E-state index >= 15 is 9.59 Å². The first-order valence-corrected chi connectivity index (χ1v) is 16.5. The Morgan fingerprint density at radius 2 is 0.870 bits per heavy atom. The van der Waals surface area contributed by atoms with E-state index in [1.54, 1.807) is 12.1 Å². The molecule has 14 nitrogen and oxygen atoms in total. The SMILES string of the molecule is COc1cc([C@@]2(C#N)[C@H](C(=O)c3ccc4c(c3)OCO4)[C@@H](C(=O)c3ccc4c(c3)OCO4)[C@@]2(C#N)c2cc(OC)c(OC)c(OC)c2)cc(OC)c1OC. The quantitative estimate of drug-likeness (QED) is 0.169. The molecule has 1 aliphatic carbocycles. The lowest BCUT2D eigenvalue weighted by molar-refractivity contribution is 0.000745. The van der Waals surface area contributed by atoms with Crippen molar-refractivity contribution < 1.29 is 57.0 Å². The van der Waals surface area contributed by atoms with Crippen LogP contribution in [0, 0.1) is 34.5 Å². The molecule has 276 valence electrons. The molecule has 0 amide bonds. The maximum atomic E-state index is 15.2. The second-order valence-electron chi connectivity index (χ2n) is 12.5. The van der Waals surface area contributed by atoms with Gasteiger partial charge in [0.2, 0.25) is 25.1 Å². The molecule has 3 aliphatic rings. The first-order chi connectivity index (χ1) is 26.2. The fourth-order valence-corrected chi connectivity index (χ4v) is 7.93. The van der Waals surface area contributed by atoms with Gasteiger partial charge in [0, 0.05) is 11.1 Å². The number of carbonyl (C=O) groups is 2. The number of Topliss-reactive ketones (excluding diaryl/α,β-unsaturated/α-hetero) is 2. The molecule has 0 unspecified atom stereocenters. The molecular weight excluding hydrogens is 700 g/mol. The molecule has 4 atom stereocenters. The van der Waals surface area contributed by atoms with Crippen molar-refractivity contribution in [3.05, 3.63) is 82.9 Å². The molecule has 54 heavy (non-hydrogen) atoms. The molecule has 7 rings (SSSR count). The standard InChI is InChI=1S/C40H34N2O12/c1-45-29-13-23(14-30(46-2)37(29)49-5)39(17-41)33(35(43)21-7-9-25-27(11-21)53-19-51-25)34(36(44)22-8-10-26-28(12-22)54-20-52-26)40(39,18-42)24-15-31(47-3)38(50-6)32(16-24)48-4/h7-16,33-34H,19-20H2,1-6H3/t33-,34-,39-,40+/m0/s1. The van der Waals surface area contributed by atoms with E-state index in [1.807, 2.05) is 0 Å². The Bertz CT molecular complexity index is 2070. The Hall–Kier alpha value is -6.80. The van der Waals surface area contributed by atoms with Crippen LogP contribution in [0.25, 0.3) is 0 Å². The highest BCUT2D eigenvalue weighted by atomic mass is 16.7. The van der Waals surface area contributed by atoms with Gasteiger partial charge in [-0.3, -0.25) is 9.59 Å². The van der Waals surface area contributed by atoms with Crippen molar-refractivity contribution in [1.82, 2.24) is 0 Å². The van der Waals surface area contributed by atoms with E-state index in [2.05, 4.69) is 12.1 Å². The van der Waals surface area contributed by atoms with E-state index in [4.69, 9.17) is 47.4 Å². The molecule has 0 aromatic heterocycles. The number of nitriles is 2. The first kappa shape index (κ1) is 35.6. The third-order valence-corrected chi connectivity index (χ3v) is 10.4. The summed E-state index contributed by atoms with van der Waals surface area (Å²) in [7, 11) is 8.45. The van der Waals surface area contributed by atoms with E-state index in [9.17, 15) is 10.5 Å². The van der Waals surface area contributed by atoms with Gasteiger partial charge in [-0.15, -0.1) is 0 Å². The van der Waals surface area contributed by atoms with Crippen molar-refractivity contribution >= 4 is 11.6 Å². The summed E-state index contributed by atoms with van der Waals surface area (Å²) in [6, 6.07) is 20.0. The number of hydrogen-bond acceptors (Lipinski definition) is 14. The summed E-state index contributed by atoms with van der Waals surface area (Å²) in [6.45, 7) is -0.0955. The van der Waals surface area contributed by atoms with Crippen LogP contribution in [0.15, 0.2) is 60.7 Å². The van der Waals surface area contributed by atoms with E-state index in [1.165, 1.54) is 91.2 Å². The largest absolute Gasteiger partial charge is 0.493 e. The van der Waals surface area contributed by atoms with E-state index in [0.29, 0.717) is 23.0 Å². The number of carbonyl (C=O) groups excluding carboxylic acids is 2. The fraction of sp³-hybridized carbons (Fsp3) is 0.300. The lowest BCUT2D eigenvalue weighted by atomic mass is 9.33. The highest BCUT2D eigenvalue weighted by molar-refractivity contribution is 6.10. The monoisotopic (exact) mass is 734 g/mol. The summed E-state index contributed by atoms with van der Waals surface area (Å²) in [5.41, 5.74) is -3.72. The number of methoxy groups -OCH3 is 6. The van der Waals surface area contributed by atoms with Crippen LogP contribution in [0.3, 0.4) is 0 Å². The molecule has 0 bridgehead atoms. The number of hydrogen-bond donors (Lipinski definition) is 0. The molecule has 1 saturated carbocycles. The van der Waals surface area contributed by atoms with Gasteiger partial charge >= 0.3 is 0 Å². The smallest absolute Gasteiger partial charge is 0.231 e. The van der Waals surface area contributed by atoms with Crippen LogP contribution < -0.4 is 47.4 Å². The van der Waals surface area contributed by atoms with Crippen molar-refractivity contribution in [2.75, 3.05) is 56.2 Å². The minimum Gasteiger partial charge on any atom is -0.493 e. The summed E-state index contributed by atoms with van der Waals surface area (Å²) in [4.78, 5) is 30.4. The topological polar surface area (TPSA) is 174 Å². The van der Waals surface area contributed by atoms with Gasteiger partial charge in [-0.25, -0.2) is 0 Å². The average Bonchev–Trinajstić information content (AvgIpc) is 3.89. The van der Waals surface area contributed by atoms with Gasteiger partial charge in [-0.05, 0) is 71.8 Å². The molecule has 0 saturated heterocycles. The minimum atomic E-state index is -2.12. The van der Waals surface area contributed by atoms with Gasteiger partial charge in [-0.2, -0.15) is 10.5 Å². The predicted octanol–water partition coefficient (Wildman–Crippen LogP) is 5.43. The van der Waals surface area contributed by atoms with Gasteiger partial charge in [-0.1, -0.05) is 0 Å². The van der Waals surface area contributed by atoms with Gasteiger partial charge in [0.25, 0.3) is 0 Å². The third-order valence-electron chi connectivity index (χ3n) is 10.4. The molecular formula is C40H34N2O12. The molecule has 2 aliphatic heterocycles. The van der Waals surface area contributed by atoms with Gasteiger partial charge in [0.05, 0.1) is 66.6 Å². The summed E-state index contributed by atoms with van der Waals surface area (Å²) in [6.07, 6.45) is 0. The summed E-state index contributed by atoms with van der Waals surface area (Å²) in [5.74, 6) is -1.73. The molecule has 14 heteroatoms. The molecule has 4 aromatic carbocycles. The lowest BCUT2D eigenvalue weighted by Gasteiger charge is -2.61. The Morgan fingerprint density at radius 3 is 1.17 bits per heavy atom. The molecule has 4 aromatic rings. The number of benzene rings is 4. The second-order valence-corrected chi connectivity index (χ2v) is 12.5. The van der Waals surface area contributed by atoms with Gasteiger partial charge < -0.3 is 47.4 Å². The normalized spacial score (nSPS) is 21.5.